The number of rotatable bonds is 4. The van der Waals surface area contributed by atoms with Crippen LogP contribution in [-0.4, -0.2) is 31.1 Å². The lowest BCUT2D eigenvalue weighted by Gasteiger charge is -2.09. The van der Waals surface area contributed by atoms with Crippen LogP contribution in [0, 0.1) is 0 Å². The number of benzene rings is 1. The number of hydrogen-bond donors (Lipinski definition) is 4. The van der Waals surface area contributed by atoms with E-state index in [1.165, 1.54) is 11.3 Å². The van der Waals surface area contributed by atoms with Crippen molar-refractivity contribution in [3.63, 3.8) is 0 Å². The number of para-hydroxylation sites is 1. The first-order valence-corrected chi connectivity index (χ1v) is 8.27. The van der Waals surface area contributed by atoms with Gasteiger partial charge in [0.1, 0.15) is 0 Å². The molecule has 1 aliphatic rings. The molecule has 0 aliphatic carbocycles. The quantitative estimate of drug-likeness (QED) is 0.671. The number of carbonyl (C=O) groups excluding carboxylic acids is 2. The van der Waals surface area contributed by atoms with E-state index in [2.05, 4.69) is 21.3 Å². The summed E-state index contributed by atoms with van der Waals surface area (Å²) >= 11 is 1.26. The summed E-state index contributed by atoms with van der Waals surface area (Å²) in [5.41, 5.74) is 0.716. The number of hydrogen-bond acceptors (Lipinski definition) is 4. The van der Waals surface area contributed by atoms with Gasteiger partial charge >= 0.3 is 6.03 Å². The summed E-state index contributed by atoms with van der Waals surface area (Å²) in [6.45, 7) is 1.74. The molecule has 0 saturated carbocycles. The molecule has 4 N–H and O–H groups in total. The number of amides is 3. The fourth-order valence-electron chi connectivity index (χ4n) is 2.36. The first-order chi connectivity index (χ1) is 11.2. The summed E-state index contributed by atoms with van der Waals surface area (Å²) in [6, 6.07) is 12.5. The van der Waals surface area contributed by atoms with E-state index in [1.54, 1.807) is 12.1 Å². The minimum absolute atomic E-state index is 0. The van der Waals surface area contributed by atoms with Gasteiger partial charge in [-0.05, 0) is 37.2 Å². The van der Waals surface area contributed by atoms with Gasteiger partial charge in [0, 0.05) is 18.3 Å². The predicted molar refractivity (Wildman–Crippen MR) is 99.4 cm³/mol. The topological polar surface area (TPSA) is 82.3 Å². The molecule has 0 radical (unpaired) electrons. The Labute approximate surface area is 150 Å². The van der Waals surface area contributed by atoms with Crippen molar-refractivity contribution < 1.29 is 9.59 Å². The lowest BCUT2D eigenvalue weighted by molar-refractivity contribution is 0.0944. The highest BCUT2D eigenvalue weighted by Crippen LogP contribution is 2.22. The van der Waals surface area contributed by atoms with Crippen molar-refractivity contribution in [3.8, 4) is 0 Å². The van der Waals surface area contributed by atoms with Crippen LogP contribution in [0.5, 0.6) is 0 Å². The third-order valence-corrected chi connectivity index (χ3v) is 4.49. The molecule has 1 unspecified atom stereocenters. The summed E-state index contributed by atoms with van der Waals surface area (Å²) in [6.07, 6.45) is 0.946. The molecule has 3 rings (SSSR count). The van der Waals surface area contributed by atoms with Crippen LogP contribution in [0.2, 0.25) is 0 Å². The van der Waals surface area contributed by atoms with E-state index in [9.17, 15) is 9.59 Å². The highest BCUT2D eigenvalue weighted by Gasteiger charge is 2.18. The van der Waals surface area contributed by atoms with Crippen molar-refractivity contribution in [2.24, 2.45) is 0 Å². The van der Waals surface area contributed by atoms with Crippen molar-refractivity contribution in [3.05, 3.63) is 47.3 Å². The minimum atomic E-state index is -0.329. The smallest absolute Gasteiger partial charge is 0.324 e. The number of urea groups is 1. The van der Waals surface area contributed by atoms with Gasteiger partial charge in [-0.2, -0.15) is 0 Å². The van der Waals surface area contributed by atoms with E-state index >= 15 is 0 Å². The van der Waals surface area contributed by atoms with Crippen LogP contribution in [0.25, 0.3) is 0 Å². The summed E-state index contributed by atoms with van der Waals surface area (Å²) in [5, 5.41) is 12.3. The van der Waals surface area contributed by atoms with Crippen LogP contribution in [0.4, 0.5) is 15.5 Å². The normalized spacial score (nSPS) is 16.1. The van der Waals surface area contributed by atoms with Gasteiger partial charge in [0.2, 0.25) is 0 Å². The molecule has 128 valence electrons. The molecule has 1 fully saturated rings. The van der Waals surface area contributed by atoms with E-state index in [0.29, 0.717) is 15.6 Å². The highest BCUT2D eigenvalue weighted by molar-refractivity contribution is 7.18. The lowest BCUT2D eigenvalue weighted by Crippen LogP contribution is -2.35. The van der Waals surface area contributed by atoms with Crippen LogP contribution in [0.3, 0.4) is 0 Å². The van der Waals surface area contributed by atoms with Crippen molar-refractivity contribution in [2.75, 3.05) is 23.7 Å². The summed E-state index contributed by atoms with van der Waals surface area (Å²) in [7, 11) is 0. The molecule has 3 amide bonds. The van der Waals surface area contributed by atoms with Gasteiger partial charge in [0.05, 0.1) is 9.88 Å². The van der Waals surface area contributed by atoms with Crippen LogP contribution in [-0.2, 0) is 0 Å². The fourth-order valence-corrected chi connectivity index (χ4v) is 3.16. The summed E-state index contributed by atoms with van der Waals surface area (Å²) < 4.78 is 0. The molecule has 0 bridgehead atoms. The van der Waals surface area contributed by atoms with E-state index < -0.39 is 0 Å². The van der Waals surface area contributed by atoms with Gasteiger partial charge in [-0.3, -0.25) is 10.1 Å². The highest BCUT2D eigenvalue weighted by atomic mass is 35.5. The zero-order chi connectivity index (χ0) is 16.1. The van der Waals surface area contributed by atoms with Crippen molar-refractivity contribution in [1.29, 1.82) is 0 Å². The molecular weight excluding hydrogens is 348 g/mol. The Morgan fingerprint density at radius 2 is 1.88 bits per heavy atom. The Kier molecular flexibility index (Phi) is 6.60. The second-order valence-corrected chi connectivity index (χ2v) is 6.36. The molecule has 24 heavy (non-hydrogen) atoms. The van der Waals surface area contributed by atoms with Crippen molar-refractivity contribution >= 4 is 46.4 Å². The first-order valence-electron chi connectivity index (χ1n) is 7.45. The van der Waals surface area contributed by atoms with Crippen molar-refractivity contribution in [2.45, 2.75) is 12.5 Å². The summed E-state index contributed by atoms with van der Waals surface area (Å²) in [4.78, 5) is 24.6. The Morgan fingerprint density at radius 1 is 1.08 bits per heavy atom. The fraction of sp³-hybridized carbons (Fsp3) is 0.250. The van der Waals surface area contributed by atoms with Gasteiger partial charge in [-0.1, -0.05) is 18.2 Å². The summed E-state index contributed by atoms with van der Waals surface area (Å²) in [5.74, 6) is -0.0970. The number of halogens is 1. The maximum Gasteiger partial charge on any atom is 0.324 e. The van der Waals surface area contributed by atoms with Gasteiger partial charge in [-0.15, -0.1) is 23.7 Å². The van der Waals surface area contributed by atoms with Crippen LogP contribution < -0.4 is 21.3 Å². The maximum absolute atomic E-state index is 12.1. The number of nitrogens with one attached hydrogen (secondary N) is 4. The van der Waals surface area contributed by atoms with Gasteiger partial charge in [-0.25, -0.2) is 4.79 Å². The predicted octanol–water partition coefficient (Wildman–Crippen LogP) is 2.91. The molecule has 1 aliphatic heterocycles. The second-order valence-electron chi connectivity index (χ2n) is 5.27. The Bertz CT molecular complexity index is 686. The van der Waals surface area contributed by atoms with Crippen LogP contribution in [0.1, 0.15) is 16.1 Å². The molecule has 1 aromatic heterocycles. The van der Waals surface area contributed by atoms with Gasteiger partial charge in [0.15, 0.2) is 0 Å². The molecule has 6 nitrogen and oxygen atoms in total. The third kappa shape index (κ3) is 4.95. The largest absolute Gasteiger partial charge is 0.347 e. The average molecular weight is 367 g/mol. The standard InChI is InChI=1S/C16H18N4O2S.ClH/c21-15(18-12-8-9-17-10-12)13-6-7-14(23-13)20-16(22)19-11-4-2-1-3-5-11;/h1-7,12,17H,8-10H2,(H,18,21)(H2,19,20,22);1H. The van der Waals surface area contributed by atoms with Crippen molar-refractivity contribution in [1.82, 2.24) is 10.6 Å². The number of anilines is 2. The molecule has 2 aromatic rings. The van der Waals surface area contributed by atoms with E-state index in [-0.39, 0.29) is 30.4 Å². The van der Waals surface area contributed by atoms with Crippen LogP contribution >= 0.6 is 23.7 Å². The molecule has 1 saturated heterocycles. The van der Waals surface area contributed by atoms with Crippen LogP contribution in [0.15, 0.2) is 42.5 Å². The second kappa shape index (κ2) is 8.68. The number of carbonyl (C=O) groups is 2. The van der Waals surface area contributed by atoms with E-state index in [1.807, 2.05) is 30.3 Å². The lowest BCUT2D eigenvalue weighted by atomic mass is 10.2. The van der Waals surface area contributed by atoms with Gasteiger partial charge < -0.3 is 16.0 Å². The minimum Gasteiger partial charge on any atom is -0.347 e. The number of thiophene rings is 1. The zero-order valence-corrected chi connectivity index (χ0v) is 14.5. The van der Waals surface area contributed by atoms with E-state index in [0.717, 1.165) is 19.5 Å². The molecule has 1 atom stereocenters. The molecule has 2 heterocycles. The molecule has 0 spiro atoms. The Hall–Kier alpha value is -2.09. The third-order valence-electron chi connectivity index (χ3n) is 3.49. The maximum atomic E-state index is 12.1. The van der Waals surface area contributed by atoms with Gasteiger partial charge in [0.25, 0.3) is 5.91 Å². The molecule has 8 heteroatoms. The molecular formula is C16H19ClN4O2S. The Morgan fingerprint density at radius 3 is 2.58 bits per heavy atom. The average Bonchev–Trinajstić information content (AvgIpc) is 3.20. The SMILES string of the molecule is Cl.O=C(Nc1ccccc1)Nc1ccc(C(=O)NC2CCNC2)s1. The molecule has 1 aromatic carbocycles. The monoisotopic (exact) mass is 366 g/mol. The zero-order valence-electron chi connectivity index (χ0n) is 12.9. The van der Waals surface area contributed by atoms with E-state index in [4.69, 9.17) is 0 Å². The Balaban J connectivity index is 0.00000208. The first kappa shape index (κ1) is 18.3.